The summed E-state index contributed by atoms with van der Waals surface area (Å²) in [6, 6.07) is 4.75. The van der Waals surface area contributed by atoms with E-state index in [0.717, 1.165) is 0 Å². The zero-order valence-electron chi connectivity index (χ0n) is 14.5. The van der Waals surface area contributed by atoms with Crippen molar-refractivity contribution < 1.29 is 23.9 Å². The Balaban J connectivity index is 2.56. The van der Waals surface area contributed by atoms with Gasteiger partial charge in [0.15, 0.2) is 5.78 Å². The van der Waals surface area contributed by atoms with Crippen molar-refractivity contribution in [3.05, 3.63) is 23.9 Å². The second-order valence-electron chi connectivity index (χ2n) is 6.12. The molecule has 0 radical (unpaired) electrons. The molecule has 1 N–H and O–H groups in total. The van der Waals surface area contributed by atoms with Crippen molar-refractivity contribution in [1.29, 1.82) is 0 Å². The minimum atomic E-state index is -0.637. The molecule has 0 saturated carbocycles. The van der Waals surface area contributed by atoms with Crippen molar-refractivity contribution in [3.8, 4) is 0 Å². The van der Waals surface area contributed by atoms with Crippen LogP contribution in [0.4, 0.5) is 10.6 Å². The summed E-state index contributed by atoms with van der Waals surface area (Å²) in [5, 5.41) is 2.49. The lowest BCUT2D eigenvalue weighted by molar-refractivity contribution is -0.143. The minimum absolute atomic E-state index is 0.182. The lowest BCUT2D eigenvalue weighted by Gasteiger charge is -2.19. The first-order valence-electron chi connectivity index (χ1n) is 7.87. The second-order valence-corrected chi connectivity index (χ2v) is 6.12. The molecule has 1 amide bonds. The van der Waals surface area contributed by atoms with Crippen LogP contribution in [0, 0.1) is 0 Å². The lowest BCUT2D eigenvalue weighted by Crippen LogP contribution is -2.27. The summed E-state index contributed by atoms with van der Waals surface area (Å²) < 4.78 is 9.93. The quantitative estimate of drug-likeness (QED) is 0.606. The monoisotopic (exact) mass is 336 g/mol. The molecule has 1 aromatic heterocycles. The minimum Gasteiger partial charge on any atom is -0.466 e. The molecule has 1 aromatic rings. The Morgan fingerprint density at radius 1 is 1.17 bits per heavy atom. The van der Waals surface area contributed by atoms with E-state index in [-0.39, 0.29) is 36.1 Å². The summed E-state index contributed by atoms with van der Waals surface area (Å²) in [5.41, 5.74) is -0.391. The predicted molar refractivity (Wildman–Crippen MR) is 88.9 cm³/mol. The molecule has 0 atom stereocenters. The first-order chi connectivity index (χ1) is 11.2. The maximum atomic E-state index is 12.1. The van der Waals surface area contributed by atoms with Gasteiger partial charge in [-0.05, 0) is 46.2 Å². The number of Topliss-reactive ketones (excluding diaryl/α,β-unsaturated/α-hetero) is 1. The number of carbonyl (C=O) groups is 3. The third-order valence-electron chi connectivity index (χ3n) is 2.75. The summed E-state index contributed by atoms with van der Waals surface area (Å²) in [4.78, 5) is 39.1. The maximum Gasteiger partial charge on any atom is 0.413 e. The van der Waals surface area contributed by atoms with Crippen LogP contribution in [0.3, 0.4) is 0 Å². The third-order valence-corrected chi connectivity index (χ3v) is 2.75. The smallest absolute Gasteiger partial charge is 0.413 e. The molecule has 0 unspecified atom stereocenters. The van der Waals surface area contributed by atoms with Crippen molar-refractivity contribution in [2.24, 2.45) is 0 Å². The van der Waals surface area contributed by atoms with Crippen LogP contribution in [0.2, 0.25) is 0 Å². The molecule has 7 heteroatoms. The Kier molecular flexibility index (Phi) is 7.35. The van der Waals surface area contributed by atoms with Crippen molar-refractivity contribution in [3.63, 3.8) is 0 Å². The van der Waals surface area contributed by atoms with Gasteiger partial charge in [-0.3, -0.25) is 14.9 Å². The van der Waals surface area contributed by atoms with Gasteiger partial charge in [0.25, 0.3) is 0 Å². The van der Waals surface area contributed by atoms with Crippen LogP contribution in [0.25, 0.3) is 0 Å². The molecule has 1 rings (SSSR count). The van der Waals surface area contributed by atoms with E-state index in [9.17, 15) is 14.4 Å². The number of anilines is 1. The fourth-order valence-corrected chi connectivity index (χ4v) is 1.82. The lowest BCUT2D eigenvalue weighted by atomic mass is 10.1. The van der Waals surface area contributed by atoms with Gasteiger partial charge in [-0.25, -0.2) is 9.78 Å². The Hall–Kier alpha value is -2.44. The first-order valence-corrected chi connectivity index (χ1v) is 7.87. The number of hydrogen-bond acceptors (Lipinski definition) is 6. The van der Waals surface area contributed by atoms with Gasteiger partial charge in [-0.2, -0.15) is 0 Å². The zero-order chi connectivity index (χ0) is 18.2. The van der Waals surface area contributed by atoms with Crippen molar-refractivity contribution in [2.45, 2.75) is 52.6 Å². The van der Waals surface area contributed by atoms with Gasteiger partial charge in [0.1, 0.15) is 17.1 Å². The average Bonchev–Trinajstić information content (AvgIpc) is 2.45. The Bertz CT molecular complexity index is 593. The number of amides is 1. The van der Waals surface area contributed by atoms with Crippen LogP contribution in [0.15, 0.2) is 18.2 Å². The molecule has 7 nitrogen and oxygen atoms in total. The van der Waals surface area contributed by atoms with Gasteiger partial charge in [-0.15, -0.1) is 0 Å². The number of hydrogen-bond donors (Lipinski definition) is 1. The summed E-state index contributed by atoms with van der Waals surface area (Å²) in [5.74, 6) is -0.286. The van der Waals surface area contributed by atoms with E-state index >= 15 is 0 Å². The number of pyridine rings is 1. The van der Waals surface area contributed by atoms with Crippen molar-refractivity contribution in [1.82, 2.24) is 4.98 Å². The van der Waals surface area contributed by atoms with Gasteiger partial charge < -0.3 is 9.47 Å². The average molecular weight is 336 g/mol. The molecular weight excluding hydrogens is 312 g/mol. The van der Waals surface area contributed by atoms with E-state index in [1.165, 1.54) is 0 Å². The summed E-state index contributed by atoms with van der Waals surface area (Å²) >= 11 is 0. The van der Waals surface area contributed by atoms with Crippen LogP contribution in [0.5, 0.6) is 0 Å². The number of carbonyl (C=O) groups excluding carboxylic acids is 3. The van der Waals surface area contributed by atoms with Crippen LogP contribution in [-0.2, 0) is 14.3 Å². The summed E-state index contributed by atoms with van der Waals surface area (Å²) in [6.07, 6.45) is 0.127. The Labute approximate surface area is 141 Å². The number of rotatable bonds is 7. The number of nitrogens with one attached hydrogen (secondary N) is 1. The molecule has 0 fully saturated rings. The largest absolute Gasteiger partial charge is 0.466 e. The molecule has 0 aliphatic carbocycles. The van der Waals surface area contributed by atoms with E-state index in [4.69, 9.17) is 9.47 Å². The Morgan fingerprint density at radius 2 is 1.88 bits per heavy atom. The van der Waals surface area contributed by atoms with Gasteiger partial charge >= 0.3 is 12.1 Å². The van der Waals surface area contributed by atoms with Gasteiger partial charge in [-0.1, -0.05) is 6.07 Å². The molecule has 0 aromatic carbocycles. The zero-order valence-corrected chi connectivity index (χ0v) is 14.5. The van der Waals surface area contributed by atoms with Crippen LogP contribution in [0.1, 0.15) is 57.4 Å². The molecule has 0 spiro atoms. The molecule has 1 heterocycles. The molecule has 132 valence electrons. The molecule has 0 aliphatic rings. The van der Waals surface area contributed by atoms with E-state index < -0.39 is 11.7 Å². The van der Waals surface area contributed by atoms with Crippen molar-refractivity contribution >= 4 is 23.7 Å². The number of aromatic nitrogens is 1. The molecule has 24 heavy (non-hydrogen) atoms. The summed E-state index contributed by atoms with van der Waals surface area (Å²) in [6.45, 7) is 7.32. The highest BCUT2D eigenvalue weighted by molar-refractivity contribution is 5.95. The number of nitrogens with zero attached hydrogens (tertiary/aromatic N) is 1. The highest BCUT2D eigenvalue weighted by atomic mass is 16.6. The maximum absolute atomic E-state index is 12.1. The number of ether oxygens (including phenoxy) is 2. The standard InChI is InChI=1S/C17H24N2O5/c1-5-23-15(21)11-7-9-13(20)12-8-6-10-14(18-12)19-16(22)24-17(2,3)4/h6,8,10H,5,7,9,11H2,1-4H3,(H,18,19,22). The van der Waals surface area contributed by atoms with Gasteiger partial charge in [0.05, 0.1) is 6.61 Å². The number of ketones is 1. The van der Waals surface area contributed by atoms with Gasteiger partial charge in [0, 0.05) is 12.8 Å². The van der Waals surface area contributed by atoms with Crippen LogP contribution in [-0.4, -0.2) is 35.0 Å². The van der Waals surface area contributed by atoms with Crippen LogP contribution >= 0.6 is 0 Å². The van der Waals surface area contributed by atoms with E-state index in [0.29, 0.717) is 13.0 Å². The molecule has 0 saturated heterocycles. The van der Waals surface area contributed by atoms with Gasteiger partial charge in [0.2, 0.25) is 0 Å². The topological polar surface area (TPSA) is 94.6 Å². The molecular formula is C17H24N2O5. The fourth-order valence-electron chi connectivity index (χ4n) is 1.82. The first kappa shape index (κ1) is 19.6. The van der Waals surface area contributed by atoms with E-state index in [1.54, 1.807) is 45.9 Å². The predicted octanol–water partition coefficient (Wildman–Crippen LogP) is 3.34. The second kappa shape index (κ2) is 9.00. The van der Waals surface area contributed by atoms with Crippen molar-refractivity contribution in [2.75, 3.05) is 11.9 Å². The fraction of sp³-hybridized carbons (Fsp3) is 0.529. The molecule has 0 aliphatic heterocycles. The Morgan fingerprint density at radius 3 is 2.50 bits per heavy atom. The van der Waals surface area contributed by atoms with E-state index in [2.05, 4.69) is 10.3 Å². The third kappa shape index (κ3) is 7.71. The SMILES string of the molecule is CCOC(=O)CCCC(=O)c1cccc(NC(=O)OC(C)(C)C)n1. The highest BCUT2D eigenvalue weighted by Gasteiger charge is 2.17. The highest BCUT2D eigenvalue weighted by Crippen LogP contribution is 2.12. The molecule has 0 bridgehead atoms. The van der Waals surface area contributed by atoms with Crippen LogP contribution < -0.4 is 5.32 Å². The normalized spacial score (nSPS) is 10.8. The number of esters is 1. The summed E-state index contributed by atoms with van der Waals surface area (Å²) in [7, 11) is 0. The van der Waals surface area contributed by atoms with E-state index in [1.807, 2.05) is 0 Å².